The van der Waals surface area contributed by atoms with E-state index in [1.807, 2.05) is 6.92 Å². The molecule has 2 aromatic rings. The topological polar surface area (TPSA) is 98.3 Å². The Kier molecular flexibility index (Phi) is 4.32. The smallest absolute Gasteiger partial charge is 0.356 e. The molecule has 1 aromatic carbocycles. The summed E-state index contributed by atoms with van der Waals surface area (Å²) in [5.74, 6) is -1.11. The zero-order valence-corrected chi connectivity index (χ0v) is 11.5. The normalized spacial score (nSPS) is 10.5. The molecule has 0 fully saturated rings. The van der Waals surface area contributed by atoms with Crippen molar-refractivity contribution in [3.8, 4) is 5.69 Å². The van der Waals surface area contributed by atoms with Gasteiger partial charge in [-0.1, -0.05) is 19.4 Å². The molecule has 0 aliphatic heterocycles. The maximum atomic E-state index is 11.1. The molecule has 1 heterocycles. The molecule has 0 saturated heterocycles. The van der Waals surface area contributed by atoms with Crippen LogP contribution in [0.1, 0.15) is 35.9 Å². The molecule has 21 heavy (non-hydrogen) atoms. The van der Waals surface area contributed by atoms with Gasteiger partial charge >= 0.3 is 5.97 Å². The maximum absolute atomic E-state index is 11.1. The van der Waals surface area contributed by atoms with Gasteiger partial charge in [0.15, 0.2) is 5.69 Å². The standard InChI is InChI=1S/C14H15N3O4/c1-2-3-5-11-9-13(14(18)19)15-16(11)10-6-4-7-12(8-10)17(20)21/h4,6-9H,2-3,5H2,1H3,(H,18,19). The van der Waals surface area contributed by atoms with E-state index in [-0.39, 0.29) is 11.4 Å². The number of non-ortho nitro benzene ring substituents is 1. The van der Waals surface area contributed by atoms with Crippen LogP contribution in [0.4, 0.5) is 5.69 Å². The molecule has 1 N–H and O–H groups in total. The van der Waals surface area contributed by atoms with Gasteiger partial charge in [0.1, 0.15) is 0 Å². The minimum Gasteiger partial charge on any atom is -0.476 e. The molecular formula is C14H15N3O4. The average molecular weight is 289 g/mol. The molecule has 0 saturated carbocycles. The van der Waals surface area contributed by atoms with Crippen LogP contribution in [0, 0.1) is 10.1 Å². The molecule has 0 radical (unpaired) electrons. The van der Waals surface area contributed by atoms with Crippen LogP contribution in [0.5, 0.6) is 0 Å². The molecule has 0 aliphatic carbocycles. The summed E-state index contributed by atoms with van der Waals surface area (Å²) in [4.78, 5) is 21.4. The molecule has 0 spiro atoms. The zero-order valence-electron chi connectivity index (χ0n) is 11.5. The van der Waals surface area contributed by atoms with E-state index in [0.717, 1.165) is 18.5 Å². The Morgan fingerprint density at radius 3 is 2.81 bits per heavy atom. The lowest BCUT2D eigenvalue weighted by atomic mass is 10.2. The Bertz CT molecular complexity index is 679. The maximum Gasteiger partial charge on any atom is 0.356 e. The predicted molar refractivity (Wildman–Crippen MR) is 75.8 cm³/mol. The number of unbranched alkanes of at least 4 members (excludes halogenated alkanes) is 1. The summed E-state index contributed by atoms with van der Waals surface area (Å²) in [5, 5.41) is 23.9. The quantitative estimate of drug-likeness (QED) is 0.651. The fourth-order valence-electron chi connectivity index (χ4n) is 2.02. The second-order valence-electron chi connectivity index (χ2n) is 4.62. The molecule has 0 unspecified atom stereocenters. The van der Waals surface area contributed by atoms with E-state index in [0.29, 0.717) is 12.1 Å². The highest BCUT2D eigenvalue weighted by atomic mass is 16.6. The van der Waals surface area contributed by atoms with E-state index in [9.17, 15) is 14.9 Å². The third-order valence-electron chi connectivity index (χ3n) is 3.07. The van der Waals surface area contributed by atoms with Gasteiger partial charge in [-0.3, -0.25) is 10.1 Å². The SMILES string of the molecule is CCCCc1cc(C(=O)O)nn1-c1cccc([N+](=O)[O-])c1. The minimum atomic E-state index is -1.11. The van der Waals surface area contributed by atoms with Gasteiger partial charge in [0, 0.05) is 17.8 Å². The first-order valence-corrected chi connectivity index (χ1v) is 6.60. The van der Waals surface area contributed by atoms with Crippen molar-refractivity contribution in [2.45, 2.75) is 26.2 Å². The average Bonchev–Trinajstić information content (AvgIpc) is 2.89. The van der Waals surface area contributed by atoms with Crippen molar-refractivity contribution in [2.75, 3.05) is 0 Å². The number of nitro benzene ring substituents is 1. The number of nitro groups is 1. The number of aromatic nitrogens is 2. The van der Waals surface area contributed by atoms with Gasteiger partial charge in [-0.25, -0.2) is 9.48 Å². The predicted octanol–water partition coefficient (Wildman–Crippen LogP) is 2.82. The number of carbonyl (C=O) groups is 1. The van der Waals surface area contributed by atoms with E-state index in [1.54, 1.807) is 12.1 Å². The van der Waals surface area contributed by atoms with Crippen LogP contribution in [-0.2, 0) is 6.42 Å². The number of benzene rings is 1. The van der Waals surface area contributed by atoms with Crippen LogP contribution in [0.3, 0.4) is 0 Å². The number of nitrogens with zero attached hydrogens (tertiary/aromatic N) is 3. The Labute approximate surface area is 121 Å². The van der Waals surface area contributed by atoms with E-state index in [1.165, 1.54) is 22.9 Å². The van der Waals surface area contributed by atoms with Crippen molar-refractivity contribution in [1.82, 2.24) is 9.78 Å². The van der Waals surface area contributed by atoms with Crippen LogP contribution in [-0.4, -0.2) is 25.8 Å². The third-order valence-corrected chi connectivity index (χ3v) is 3.07. The summed E-state index contributed by atoms with van der Waals surface area (Å²) in [6, 6.07) is 7.50. The van der Waals surface area contributed by atoms with Gasteiger partial charge in [-0.05, 0) is 25.0 Å². The summed E-state index contributed by atoms with van der Waals surface area (Å²) >= 11 is 0. The van der Waals surface area contributed by atoms with E-state index >= 15 is 0 Å². The van der Waals surface area contributed by atoms with Crippen LogP contribution in [0.25, 0.3) is 5.69 Å². The lowest BCUT2D eigenvalue weighted by Gasteiger charge is -2.06. The monoisotopic (exact) mass is 289 g/mol. The second-order valence-corrected chi connectivity index (χ2v) is 4.62. The van der Waals surface area contributed by atoms with Crippen LogP contribution in [0.2, 0.25) is 0 Å². The number of carboxylic acids is 1. The van der Waals surface area contributed by atoms with Crippen LogP contribution >= 0.6 is 0 Å². The Balaban J connectivity index is 2.48. The van der Waals surface area contributed by atoms with Crippen molar-refractivity contribution in [2.24, 2.45) is 0 Å². The van der Waals surface area contributed by atoms with Crippen LogP contribution < -0.4 is 0 Å². The Morgan fingerprint density at radius 2 is 2.19 bits per heavy atom. The second kappa shape index (κ2) is 6.17. The van der Waals surface area contributed by atoms with E-state index in [4.69, 9.17) is 5.11 Å². The van der Waals surface area contributed by atoms with Gasteiger partial charge in [-0.2, -0.15) is 5.10 Å². The largest absolute Gasteiger partial charge is 0.476 e. The molecular weight excluding hydrogens is 274 g/mol. The van der Waals surface area contributed by atoms with Gasteiger partial charge in [0.25, 0.3) is 5.69 Å². The van der Waals surface area contributed by atoms with Gasteiger partial charge in [0.05, 0.1) is 10.6 Å². The van der Waals surface area contributed by atoms with Crippen molar-refractivity contribution < 1.29 is 14.8 Å². The summed E-state index contributed by atoms with van der Waals surface area (Å²) in [5.41, 5.74) is 1.10. The molecule has 110 valence electrons. The molecule has 0 amide bonds. The fourth-order valence-corrected chi connectivity index (χ4v) is 2.02. The van der Waals surface area contributed by atoms with E-state index < -0.39 is 10.9 Å². The molecule has 0 aliphatic rings. The molecule has 0 atom stereocenters. The Hall–Kier alpha value is -2.70. The zero-order chi connectivity index (χ0) is 15.4. The fraction of sp³-hybridized carbons (Fsp3) is 0.286. The number of aromatic carboxylic acids is 1. The highest BCUT2D eigenvalue weighted by Gasteiger charge is 2.15. The first-order chi connectivity index (χ1) is 10.0. The summed E-state index contributed by atoms with van der Waals surface area (Å²) in [6.07, 6.45) is 2.52. The Morgan fingerprint density at radius 1 is 1.43 bits per heavy atom. The molecule has 0 bridgehead atoms. The molecule has 7 nitrogen and oxygen atoms in total. The highest BCUT2D eigenvalue weighted by Crippen LogP contribution is 2.20. The molecule has 1 aromatic heterocycles. The van der Waals surface area contributed by atoms with Gasteiger partial charge in [-0.15, -0.1) is 0 Å². The first-order valence-electron chi connectivity index (χ1n) is 6.60. The number of carboxylic acid groups (broad SMARTS) is 1. The summed E-state index contributed by atoms with van der Waals surface area (Å²) < 4.78 is 1.46. The lowest BCUT2D eigenvalue weighted by molar-refractivity contribution is -0.384. The number of hydrogen-bond donors (Lipinski definition) is 1. The minimum absolute atomic E-state index is 0.0543. The van der Waals surface area contributed by atoms with Crippen molar-refractivity contribution >= 4 is 11.7 Å². The number of rotatable bonds is 6. The van der Waals surface area contributed by atoms with E-state index in [2.05, 4.69) is 5.10 Å². The summed E-state index contributed by atoms with van der Waals surface area (Å²) in [7, 11) is 0. The van der Waals surface area contributed by atoms with Gasteiger partial charge < -0.3 is 5.11 Å². The van der Waals surface area contributed by atoms with Crippen molar-refractivity contribution in [3.05, 3.63) is 51.8 Å². The first kappa shape index (κ1) is 14.7. The third kappa shape index (κ3) is 3.25. The van der Waals surface area contributed by atoms with Crippen molar-refractivity contribution in [3.63, 3.8) is 0 Å². The molecule has 2 rings (SSSR count). The van der Waals surface area contributed by atoms with Gasteiger partial charge in [0.2, 0.25) is 0 Å². The van der Waals surface area contributed by atoms with Crippen LogP contribution in [0.15, 0.2) is 30.3 Å². The number of aryl methyl sites for hydroxylation is 1. The molecule has 7 heteroatoms. The summed E-state index contributed by atoms with van der Waals surface area (Å²) in [6.45, 7) is 2.03. The highest BCUT2D eigenvalue weighted by molar-refractivity contribution is 5.85. The number of hydrogen-bond acceptors (Lipinski definition) is 4. The lowest BCUT2D eigenvalue weighted by Crippen LogP contribution is -2.04. The van der Waals surface area contributed by atoms with Crippen molar-refractivity contribution in [1.29, 1.82) is 0 Å².